The van der Waals surface area contributed by atoms with Crippen LogP contribution in [0.3, 0.4) is 0 Å². The summed E-state index contributed by atoms with van der Waals surface area (Å²) in [7, 11) is 1.56. The minimum absolute atomic E-state index is 0.0239. The molecule has 0 aliphatic carbocycles. The number of nitrogens with zero attached hydrogens (tertiary/aromatic N) is 1. The second-order valence-electron chi connectivity index (χ2n) is 8.62. The zero-order valence-electron chi connectivity index (χ0n) is 21.3. The van der Waals surface area contributed by atoms with Crippen LogP contribution in [0.25, 0.3) is 5.76 Å². The Hall–Kier alpha value is -4.26. The molecule has 1 unspecified atom stereocenters. The number of methoxy groups -OCH3 is 1. The van der Waals surface area contributed by atoms with E-state index in [1.165, 1.54) is 4.90 Å². The minimum atomic E-state index is -0.818. The summed E-state index contributed by atoms with van der Waals surface area (Å²) in [5, 5.41) is 11.3. The van der Waals surface area contributed by atoms with E-state index in [-0.39, 0.29) is 17.9 Å². The van der Waals surface area contributed by atoms with Crippen molar-refractivity contribution in [1.29, 1.82) is 0 Å². The first-order chi connectivity index (χ1) is 18.0. The highest BCUT2D eigenvalue weighted by atomic mass is 16.5. The molecule has 0 radical (unpaired) electrons. The normalized spacial score (nSPS) is 16.6. The number of likely N-dealkylation sites (tertiary alicyclic amines) is 1. The first-order valence-electron chi connectivity index (χ1n) is 12.3. The van der Waals surface area contributed by atoms with Crippen molar-refractivity contribution in [2.75, 3.05) is 20.3 Å². The molecular formula is C30H31NO6. The summed E-state index contributed by atoms with van der Waals surface area (Å²) in [5.74, 6) is 0.201. The maximum atomic E-state index is 13.4. The standard InChI is InChI=1S/C30H31NO6/c1-4-17-37-23-15-13-20(14-16-23)28(32)26-27(21-10-8-11-24(18-21)36-5-2)31(30(34)29(26)33)19-22-9-6-7-12-25(22)35-3/h6-16,18,27,32H,4-5,17,19H2,1-3H3/b28-26-. The van der Waals surface area contributed by atoms with Crippen molar-refractivity contribution in [1.82, 2.24) is 4.90 Å². The Kier molecular flexibility index (Phi) is 8.13. The minimum Gasteiger partial charge on any atom is -0.507 e. The van der Waals surface area contributed by atoms with Crippen LogP contribution in [-0.2, 0) is 16.1 Å². The van der Waals surface area contributed by atoms with Crippen molar-refractivity contribution < 1.29 is 28.9 Å². The summed E-state index contributed by atoms with van der Waals surface area (Å²) >= 11 is 0. The second-order valence-corrected chi connectivity index (χ2v) is 8.62. The number of Topliss-reactive ketones (excluding diaryl/α,β-unsaturated/α-hetero) is 1. The number of ketones is 1. The van der Waals surface area contributed by atoms with E-state index < -0.39 is 17.7 Å². The molecule has 1 aliphatic heterocycles. The Balaban J connectivity index is 1.81. The number of aliphatic hydroxyl groups is 1. The topological polar surface area (TPSA) is 85.3 Å². The molecular weight excluding hydrogens is 470 g/mol. The van der Waals surface area contributed by atoms with Crippen LogP contribution in [0.2, 0.25) is 0 Å². The van der Waals surface area contributed by atoms with Gasteiger partial charge < -0.3 is 24.2 Å². The van der Waals surface area contributed by atoms with Crippen LogP contribution < -0.4 is 14.2 Å². The molecule has 4 rings (SSSR count). The molecule has 0 aromatic heterocycles. The molecule has 1 atom stereocenters. The molecule has 0 spiro atoms. The number of benzene rings is 3. The van der Waals surface area contributed by atoms with Gasteiger partial charge in [-0.3, -0.25) is 9.59 Å². The molecule has 3 aromatic rings. The molecule has 192 valence electrons. The number of carbonyl (C=O) groups is 2. The summed E-state index contributed by atoms with van der Waals surface area (Å²) in [5.41, 5.74) is 1.85. The average molecular weight is 502 g/mol. The fourth-order valence-corrected chi connectivity index (χ4v) is 4.43. The summed E-state index contributed by atoms with van der Waals surface area (Å²) in [6, 6.07) is 20.6. The number of ether oxygens (including phenoxy) is 3. The first-order valence-corrected chi connectivity index (χ1v) is 12.3. The van der Waals surface area contributed by atoms with E-state index in [0.717, 1.165) is 12.0 Å². The van der Waals surface area contributed by atoms with E-state index in [9.17, 15) is 14.7 Å². The van der Waals surface area contributed by atoms with Gasteiger partial charge in [-0.1, -0.05) is 37.3 Å². The summed E-state index contributed by atoms with van der Waals surface area (Å²) in [6.07, 6.45) is 0.873. The third-order valence-corrected chi connectivity index (χ3v) is 6.16. The van der Waals surface area contributed by atoms with Crippen molar-refractivity contribution in [3.05, 3.63) is 95.1 Å². The lowest BCUT2D eigenvalue weighted by molar-refractivity contribution is -0.140. The molecule has 1 aliphatic rings. The van der Waals surface area contributed by atoms with Crippen molar-refractivity contribution in [2.24, 2.45) is 0 Å². The Morgan fingerprint density at radius 1 is 0.919 bits per heavy atom. The van der Waals surface area contributed by atoms with Gasteiger partial charge in [0.15, 0.2) is 0 Å². The molecule has 1 N–H and O–H groups in total. The highest BCUT2D eigenvalue weighted by Crippen LogP contribution is 2.41. The van der Waals surface area contributed by atoms with E-state index >= 15 is 0 Å². The number of amides is 1. The van der Waals surface area contributed by atoms with Gasteiger partial charge in [-0.25, -0.2) is 0 Å². The number of carbonyl (C=O) groups excluding carboxylic acids is 2. The van der Waals surface area contributed by atoms with Crippen LogP contribution in [0, 0.1) is 0 Å². The highest BCUT2D eigenvalue weighted by Gasteiger charge is 2.46. The molecule has 3 aromatic carbocycles. The van der Waals surface area contributed by atoms with Gasteiger partial charge in [0.1, 0.15) is 23.0 Å². The van der Waals surface area contributed by atoms with Gasteiger partial charge in [0.25, 0.3) is 11.7 Å². The molecule has 7 nitrogen and oxygen atoms in total. The lowest BCUT2D eigenvalue weighted by atomic mass is 9.95. The van der Waals surface area contributed by atoms with E-state index in [0.29, 0.717) is 41.6 Å². The van der Waals surface area contributed by atoms with Crippen LogP contribution in [0.15, 0.2) is 78.4 Å². The fourth-order valence-electron chi connectivity index (χ4n) is 4.43. The van der Waals surface area contributed by atoms with Crippen LogP contribution in [0.1, 0.15) is 43.0 Å². The molecule has 1 heterocycles. The van der Waals surface area contributed by atoms with Crippen molar-refractivity contribution in [3.63, 3.8) is 0 Å². The Bertz CT molecular complexity index is 1300. The van der Waals surface area contributed by atoms with Gasteiger partial charge in [0.2, 0.25) is 0 Å². The van der Waals surface area contributed by atoms with Crippen molar-refractivity contribution in [3.8, 4) is 17.2 Å². The number of aliphatic hydroxyl groups excluding tert-OH is 1. The number of para-hydroxylation sites is 1. The first kappa shape index (κ1) is 25.8. The lowest BCUT2D eigenvalue weighted by Crippen LogP contribution is -2.29. The number of hydrogen-bond donors (Lipinski definition) is 1. The monoisotopic (exact) mass is 501 g/mol. The maximum Gasteiger partial charge on any atom is 0.295 e. The van der Waals surface area contributed by atoms with Gasteiger partial charge in [-0.2, -0.15) is 0 Å². The predicted molar refractivity (Wildman–Crippen MR) is 141 cm³/mol. The second kappa shape index (κ2) is 11.6. The highest BCUT2D eigenvalue weighted by molar-refractivity contribution is 6.46. The number of rotatable bonds is 10. The summed E-state index contributed by atoms with van der Waals surface area (Å²) in [4.78, 5) is 28.2. The van der Waals surface area contributed by atoms with Crippen molar-refractivity contribution >= 4 is 17.4 Å². The van der Waals surface area contributed by atoms with Crippen molar-refractivity contribution in [2.45, 2.75) is 32.9 Å². The van der Waals surface area contributed by atoms with E-state index in [1.54, 1.807) is 43.5 Å². The zero-order chi connectivity index (χ0) is 26.4. The van der Waals surface area contributed by atoms with Gasteiger partial charge in [-0.05, 0) is 61.4 Å². The van der Waals surface area contributed by atoms with Gasteiger partial charge >= 0.3 is 0 Å². The van der Waals surface area contributed by atoms with Gasteiger partial charge in [0, 0.05) is 11.1 Å². The SMILES string of the molecule is CCCOc1ccc(/C(O)=C2/C(=O)C(=O)N(Cc3ccccc3OC)C2c2cccc(OCC)c2)cc1. The third kappa shape index (κ3) is 5.45. The largest absolute Gasteiger partial charge is 0.507 e. The van der Waals surface area contributed by atoms with Crippen LogP contribution in [0.5, 0.6) is 17.2 Å². The molecule has 1 fully saturated rings. The van der Waals surface area contributed by atoms with E-state index in [1.807, 2.05) is 50.2 Å². The fraction of sp³-hybridized carbons (Fsp3) is 0.267. The molecule has 1 saturated heterocycles. The quantitative estimate of drug-likeness (QED) is 0.224. The Labute approximate surface area is 216 Å². The molecule has 7 heteroatoms. The Morgan fingerprint density at radius 3 is 2.38 bits per heavy atom. The zero-order valence-corrected chi connectivity index (χ0v) is 21.3. The summed E-state index contributed by atoms with van der Waals surface area (Å²) in [6.45, 7) is 5.07. The smallest absolute Gasteiger partial charge is 0.295 e. The predicted octanol–water partition coefficient (Wildman–Crippen LogP) is 5.50. The van der Waals surface area contributed by atoms with Crippen LogP contribution in [0.4, 0.5) is 0 Å². The van der Waals surface area contributed by atoms with Crippen LogP contribution in [-0.4, -0.2) is 42.0 Å². The average Bonchev–Trinajstić information content (AvgIpc) is 3.17. The van der Waals surface area contributed by atoms with E-state index in [4.69, 9.17) is 14.2 Å². The van der Waals surface area contributed by atoms with E-state index in [2.05, 4.69) is 0 Å². The van der Waals surface area contributed by atoms with Gasteiger partial charge in [-0.15, -0.1) is 0 Å². The number of hydrogen-bond acceptors (Lipinski definition) is 6. The molecule has 0 bridgehead atoms. The molecule has 0 saturated carbocycles. The molecule has 1 amide bonds. The lowest BCUT2D eigenvalue weighted by Gasteiger charge is -2.26. The van der Waals surface area contributed by atoms with Gasteiger partial charge in [0.05, 0.1) is 38.5 Å². The maximum absolute atomic E-state index is 13.4. The third-order valence-electron chi connectivity index (χ3n) is 6.16. The molecule has 37 heavy (non-hydrogen) atoms. The Morgan fingerprint density at radius 2 is 1.68 bits per heavy atom. The summed E-state index contributed by atoms with van der Waals surface area (Å²) < 4.78 is 16.8. The van der Waals surface area contributed by atoms with Crippen LogP contribution >= 0.6 is 0 Å².